The predicted molar refractivity (Wildman–Crippen MR) is 77.9 cm³/mol. The molecule has 0 saturated carbocycles. The number of nitriles is 1. The van der Waals surface area contributed by atoms with Crippen molar-refractivity contribution in [2.24, 2.45) is 0 Å². The van der Waals surface area contributed by atoms with Gasteiger partial charge in [-0.1, -0.05) is 29.8 Å². The van der Waals surface area contributed by atoms with Gasteiger partial charge in [-0.15, -0.1) is 0 Å². The first-order valence-electron chi connectivity index (χ1n) is 5.78. The minimum atomic E-state index is -0.500. The lowest BCUT2D eigenvalue weighted by Gasteiger charge is -2.03. The van der Waals surface area contributed by atoms with E-state index in [1.165, 1.54) is 12.3 Å². The number of carbonyl (C=O) groups is 1. The second kappa shape index (κ2) is 6.50. The van der Waals surface area contributed by atoms with Crippen molar-refractivity contribution in [3.8, 4) is 6.07 Å². The van der Waals surface area contributed by atoms with Crippen LogP contribution >= 0.6 is 11.6 Å². The number of aromatic nitrogens is 1. The van der Waals surface area contributed by atoms with E-state index in [1.54, 1.807) is 42.6 Å². The Balaban J connectivity index is 2.23. The topological polar surface area (TPSA) is 65.8 Å². The molecule has 98 valence electrons. The lowest BCUT2D eigenvalue weighted by Crippen LogP contribution is -2.13. The number of amides is 1. The van der Waals surface area contributed by atoms with Crippen LogP contribution in [0.1, 0.15) is 5.56 Å². The summed E-state index contributed by atoms with van der Waals surface area (Å²) in [5, 5.41) is 12.2. The van der Waals surface area contributed by atoms with Crippen LogP contribution in [-0.4, -0.2) is 10.9 Å². The van der Waals surface area contributed by atoms with Gasteiger partial charge in [0.1, 0.15) is 11.6 Å². The van der Waals surface area contributed by atoms with Gasteiger partial charge in [0.2, 0.25) is 0 Å². The van der Waals surface area contributed by atoms with Crippen LogP contribution in [-0.2, 0) is 4.79 Å². The van der Waals surface area contributed by atoms with Gasteiger partial charge in [-0.3, -0.25) is 9.78 Å². The van der Waals surface area contributed by atoms with E-state index in [2.05, 4.69) is 10.3 Å². The molecule has 1 heterocycles. The van der Waals surface area contributed by atoms with E-state index in [1.807, 2.05) is 6.07 Å². The van der Waals surface area contributed by atoms with Crippen molar-refractivity contribution < 1.29 is 4.79 Å². The Morgan fingerprint density at radius 2 is 2.10 bits per heavy atom. The fourth-order valence-electron chi connectivity index (χ4n) is 1.53. The van der Waals surface area contributed by atoms with Gasteiger partial charge in [-0.2, -0.15) is 5.26 Å². The van der Waals surface area contributed by atoms with E-state index in [4.69, 9.17) is 16.9 Å². The molecule has 0 bridgehead atoms. The number of halogens is 1. The van der Waals surface area contributed by atoms with Gasteiger partial charge in [-0.05, 0) is 29.8 Å². The van der Waals surface area contributed by atoms with Crippen LogP contribution in [0.25, 0.3) is 6.08 Å². The molecule has 20 heavy (non-hydrogen) atoms. The third-order valence-electron chi connectivity index (χ3n) is 2.49. The van der Waals surface area contributed by atoms with Crippen LogP contribution < -0.4 is 5.32 Å². The van der Waals surface area contributed by atoms with Crippen LogP contribution in [0.2, 0.25) is 5.02 Å². The number of carbonyl (C=O) groups excluding carboxylic acids is 1. The number of anilines is 1. The number of hydrogen-bond acceptors (Lipinski definition) is 3. The maximum atomic E-state index is 12.0. The summed E-state index contributed by atoms with van der Waals surface area (Å²) in [7, 11) is 0. The first kappa shape index (κ1) is 13.8. The molecular formula is C15H10ClN3O. The van der Waals surface area contributed by atoms with Gasteiger partial charge in [0.15, 0.2) is 0 Å². The summed E-state index contributed by atoms with van der Waals surface area (Å²) in [6, 6.07) is 12.2. The second-order valence-corrected chi connectivity index (χ2v) is 4.29. The summed E-state index contributed by atoms with van der Waals surface area (Å²) < 4.78 is 0. The number of nitrogens with one attached hydrogen (secondary N) is 1. The van der Waals surface area contributed by atoms with E-state index < -0.39 is 5.91 Å². The minimum Gasteiger partial charge on any atom is -0.320 e. The maximum Gasteiger partial charge on any atom is 0.266 e. The minimum absolute atomic E-state index is 0.0260. The quantitative estimate of drug-likeness (QED) is 0.694. The molecule has 1 aromatic heterocycles. The second-order valence-electron chi connectivity index (χ2n) is 3.89. The molecule has 2 aromatic rings. The first-order valence-corrected chi connectivity index (χ1v) is 6.16. The maximum absolute atomic E-state index is 12.0. The molecule has 0 atom stereocenters. The average Bonchev–Trinajstić information content (AvgIpc) is 2.47. The van der Waals surface area contributed by atoms with Gasteiger partial charge in [-0.25, -0.2) is 0 Å². The van der Waals surface area contributed by atoms with Crippen LogP contribution in [0, 0.1) is 11.3 Å². The third kappa shape index (κ3) is 3.44. The molecule has 2 rings (SSSR count). The van der Waals surface area contributed by atoms with Crippen molar-refractivity contribution in [1.29, 1.82) is 5.26 Å². The summed E-state index contributed by atoms with van der Waals surface area (Å²) in [5.41, 5.74) is 1.12. The molecule has 0 saturated heterocycles. The van der Waals surface area contributed by atoms with E-state index in [-0.39, 0.29) is 5.57 Å². The zero-order valence-corrected chi connectivity index (χ0v) is 11.1. The SMILES string of the molecule is N#CC(=Cc1ccccc1Cl)C(=O)Nc1cccnc1. The lowest BCUT2D eigenvalue weighted by atomic mass is 10.1. The molecule has 5 heteroatoms. The smallest absolute Gasteiger partial charge is 0.266 e. The van der Waals surface area contributed by atoms with E-state index in [9.17, 15) is 4.79 Å². The Labute approximate surface area is 121 Å². The molecule has 0 aliphatic rings. The standard InChI is InChI=1S/C15H10ClN3O/c16-14-6-2-1-4-11(14)8-12(9-17)15(20)19-13-5-3-7-18-10-13/h1-8,10H,(H,19,20). The number of nitrogens with zero attached hydrogens (tertiary/aromatic N) is 2. The van der Waals surface area contributed by atoms with Crippen molar-refractivity contribution in [3.05, 3.63) is 65.0 Å². The molecule has 0 aliphatic carbocycles. The Bertz CT molecular complexity index is 690. The third-order valence-corrected chi connectivity index (χ3v) is 2.83. The summed E-state index contributed by atoms with van der Waals surface area (Å²) in [4.78, 5) is 15.9. The Kier molecular flexibility index (Phi) is 4.48. The number of pyridine rings is 1. The van der Waals surface area contributed by atoms with Crippen molar-refractivity contribution in [2.45, 2.75) is 0 Å². The monoisotopic (exact) mass is 283 g/mol. The van der Waals surface area contributed by atoms with Crippen LogP contribution in [0.3, 0.4) is 0 Å². The number of hydrogen-bond donors (Lipinski definition) is 1. The summed E-state index contributed by atoms with van der Waals surface area (Å²) >= 11 is 5.99. The largest absolute Gasteiger partial charge is 0.320 e. The van der Waals surface area contributed by atoms with Crippen molar-refractivity contribution >= 4 is 29.3 Å². The van der Waals surface area contributed by atoms with Gasteiger partial charge in [0, 0.05) is 11.2 Å². The van der Waals surface area contributed by atoms with Gasteiger partial charge in [0.05, 0.1) is 11.9 Å². The molecule has 0 unspecified atom stereocenters. The zero-order chi connectivity index (χ0) is 14.4. The highest BCUT2D eigenvalue weighted by atomic mass is 35.5. The lowest BCUT2D eigenvalue weighted by molar-refractivity contribution is -0.112. The molecular weight excluding hydrogens is 274 g/mol. The van der Waals surface area contributed by atoms with E-state index in [0.717, 1.165) is 0 Å². The molecule has 0 radical (unpaired) electrons. The molecule has 1 amide bonds. The molecule has 0 spiro atoms. The molecule has 1 N–H and O–H groups in total. The average molecular weight is 284 g/mol. The van der Waals surface area contributed by atoms with Crippen molar-refractivity contribution in [2.75, 3.05) is 5.32 Å². The predicted octanol–water partition coefficient (Wildman–Crippen LogP) is 3.28. The highest BCUT2D eigenvalue weighted by Crippen LogP contribution is 2.18. The zero-order valence-electron chi connectivity index (χ0n) is 10.4. The van der Waals surface area contributed by atoms with E-state index >= 15 is 0 Å². The van der Waals surface area contributed by atoms with Crippen molar-refractivity contribution in [3.63, 3.8) is 0 Å². The summed E-state index contributed by atoms with van der Waals surface area (Å²) in [6.07, 6.45) is 4.55. The highest BCUT2D eigenvalue weighted by Gasteiger charge is 2.10. The Hall–Kier alpha value is -2.64. The fourth-order valence-corrected chi connectivity index (χ4v) is 1.72. The molecule has 4 nitrogen and oxygen atoms in total. The van der Waals surface area contributed by atoms with Gasteiger partial charge < -0.3 is 5.32 Å². The van der Waals surface area contributed by atoms with E-state index in [0.29, 0.717) is 16.3 Å². The number of rotatable bonds is 3. The Morgan fingerprint density at radius 3 is 2.75 bits per heavy atom. The summed E-state index contributed by atoms with van der Waals surface area (Å²) in [6.45, 7) is 0. The number of benzene rings is 1. The molecule has 0 fully saturated rings. The molecule has 0 aliphatic heterocycles. The fraction of sp³-hybridized carbons (Fsp3) is 0. The van der Waals surface area contributed by atoms with Crippen molar-refractivity contribution in [1.82, 2.24) is 4.98 Å². The summed E-state index contributed by atoms with van der Waals surface area (Å²) in [5.74, 6) is -0.500. The van der Waals surface area contributed by atoms with Gasteiger partial charge in [0.25, 0.3) is 5.91 Å². The van der Waals surface area contributed by atoms with Crippen LogP contribution in [0.4, 0.5) is 5.69 Å². The first-order chi connectivity index (χ1) is 9.70. The Morgan fingerprint density at radius 1 is 1.30 bits per heavy atom. The van der Waals surface area contributed by atoms with Crippen LogP contribution in [0.5, 0.6) is 0 Å². The normalized spacial score (nSPS) is 10.7. The molecule has 1 aromatic carbocycles. The van der Waals surface area contributed by atoms with Crippen LogP contribution in [0.15, 0.2) is 54.4 Å². The highest BCUT2D eigenvalue weighted by molar-refractivity contribution is 6.32. The van der Waals surface area contributed by atoms with Gasteiger partial charge >= 0.3 is 0 Å².